The van der Waals surface area contributed by atoms with Crippen LogP contribution in [-0.4, -0.2) is 32.6 Å². The van der Waals surface area contributed by atoms with Crippen LogP contribution < -0.4 is 0 Å². The highest BCUT2D eigenvalue weighted by Gasteiger charge is 2.40. The van der Waals surface area contributed by atoms with Crippen molar-refractivity contribution in [2.24, 2.45) is 7.05 Å². The molecule has 0 saturated carbocycles. The first kappa shape index (κ1) is 15.7. The average Bonchev–Trinajstić information content (AvgIpc) is 3.02. The highest BCUT2D eigenvalue weighted by molar-refractivity contribution is 6.21. The minimum Gasteiger partial charge on any atom is -0.322 e. The van der Waals surface area contributed by atoms with Gasteiger partial charge >= 0.3 is 12.1 Å². The number of aromatic nitrogens is 2. The third-order valence-electron chi connectivity index (χ3n) is 3.31. The normalized spacial score (nSPS) is 14.1. The molecule has 0 aliphatic carbocycles. The number of nitrogens with zero attached hydrogens (tertiary/aromatic N) is 3. The highest BCUT2D eigenvalue weighted by Crippen LogP contribution is 2.29. The van der Waals surface area contributed by atoms with E-state index in [2.05, 4.69) is 9.94 Å². The summed E-state index contributed by atoms with van der Waals surface area (Å²) >= 11 is 0. The van der Waals surface area contributed by atoms with Gasteiger partial charge in [-0.05, 0) is 12.1 Å². The third kappa shape index (κ3) is 2.41. The largest absolute Gasteiger partial charge is 0.433 e. The van der Waals surface area contributed by atoms with Crippen molar-refractivity contribution in [1.82, 2.24) is 14.8 Å². The molecular formula is C14H8F3N3O4. The lowest BCUT2D eigenvalue weighted by Gasteiger charge is -2.11. The number of hydrogen-bond acceptors (Lipinski definition) is 5. The minimum absolute atomic E-state index is 0.0345. The van der Waals surface area contributed by atoms with Gasteiger partial charge in [0.2, 0.25) is 0 Å². The minimum atomic E-state index is -4.71. The molecule has 1 aliphatic rings. The van der Waals surface area contributed by atoms with Gasteiger partial charge in [-0.1, -0.05) is 17.2 Å². The Morgan fingerprint density at radius 3 is 2.12 bits per heavy atom. The van der Waals surface area contributed by atoms with E-state index < -0.39 is 35.3 Å². The summed E-state index contributed by atoms with van der Waals surface area (Å²) in [6.07, 6.45) is -4.71. The maximum absolute atomic E-state index is 12.7. The van der Waals surface area contributed by atoms with E-state index in [1.54, 1.807) is 0 Å². The van der Waals surface area contributed by atoms with Crippen LogP contribution in [0, 0.1) is 0 Å². The number of hydroxylamine groups is 2. The van der Waals surface area contributed by atoms with Gasteiger partial charge in [0.15, 0.2) is 5.69 Å². The second kappa shape index (κ2) is 5.18. The van der Waals surface area contributed by atoms with Gasteiger partial charge in [0.25, 0.3) is 11.8 Å². The molecule has 1 aromatic heterocycles. The maximum Gasteiger partial charge on any atom is 0.433 e. The Hall–Kier alpha value is -3.17. The molecule has 0 N–H and O–H groups in total. The first-order chi connectivity index (χ1) is 11.2. The van der Waals surface area contributed by atoms with Gasteiger partial charge < -0.3 is 4.84 Å². The molecular weight excluding hydrogens is 331 g/mol. The topological polar surface area (TPSA) is 81.5 Å². The molecule has 2 heterocycles. The van der Waals surface area contributed by atoms with E-state index in [1.165, 1.54) is 24.3 Å². The van der Waals surface area contributed by atoms with Gasteiger partial charge in [-0.15, -0.1) is 0 Å². The Morgan fingerprint density at radius 2 is 1.67 bits per heavy atom. The average molecular weight is 339 g/mol. The van der Waals surface area contributed by atoms with Crippen molar-refractivity contribution in [1.29, 1.82) is 0 Å². The SMILES string of the molecule is Cn1nc(C(=O)ON2C(=O)c3ccccc3C2=O)cc1C(F)(F)F. The predicted molar refractivity (Wildman–Crippen MR) is 70.6 cm³/mol. The molecule has 1 aromatic carbocycles. The zero-order valence-corrected chi connectivity index (χ0v) is 12.0. The Morgan fingerprint density at radius 1 is 1.12 bits per heavy atom. The van der Waals surface area contributed by atoms with Crippen molar-refractivity contribution in [3.8, 4) is 0 Å². The van der Waals surface area contributed by atoms with E-state index in [-0.39, 0.29) is 16.2 Å². The molecule has 0 fully saturated rings. The van der Waals surface area contributed by atoms with Crippen molar-refractivity contribution in [2.45, 2.75) is 6.18 Å². The molecule has 0 saturated heterocycles. The number of carbonyl (C=O) groups is 3. The highest BCUT2D eigenvalue weighted by atomic mass is 19.4. The van der Waals surface area contributed by atoms with Crippen LogP contribution in [0.15, 0.2) is 30.3 Å². The zero-order valence-electron chi connectivity index (χ0n) is 12.0. The van der Waals surface area contributed by atoms with Crippen molar-refractivity contribution >= 4 is 17.8 Å². The lowest BCUT2D eigenvalue weighted by atomic mass is 10.1. The molecule has 0 spiro atoms. The monoisotopic (exact) mass is 339 g/mol. The van der Waals surface area contributed by atoms with E-state index in [1.807, 2.05) is 0 Å². The third-order valence-corrected chi connectivity index (χ3v) is 3.31. The second-order valence-corrected chi connectivity index (χ2v) is 4.87. The van der Waals surface area contributed by atoms with Crippen LogP contribution in [0.4, 0.5) is 13.2 Å². The van der Waals surface area contributed by atoms with Crippen LogP contribution in [0.5, 0.6) is 0 Å². The number of rotatable bonds is 2. The smallest absolute Gasteiger partial charge is 0.322 e. The summed E-state index contributed by atoms with van der Waals surface area (Å²) < 4.78 is 38.6. The molecule has 24 heavy (non-hydrogen) atoms. The van der Waals surface area contributed by atoms with Crippen LogP contribution in [0.1, 0.15) is 36.9 Å². The van der Waals surface area contributed by atoms with Gasteiger partial charge in [0.05, 0.1) is 11.1 Å². The number of hydrogen-bond donors (Lipinski definition) is 0. The van der Waals surface area contributed by atoms with Gasteiger partial charge in [-0.25, -0.2) is 4.79 Å². The van der Waals surface area contributed by atoms with Crippen LogP contribution in [0.25, 0.3) is 0 Å². The Bertz CT molecular complexity index is 837. The first-order valence-electron chi connectivity index (χ1n) is 6.51. The number of halogens is 3. The van der Waals surface area contributed by atoms with Crippen LogP contribution >= 0.6 is 0 Å². The Kier molecular flexibility index (Phi) is 3.39. The van der Waals surface area contributed by atoms with Crippen LogP contribution in [0.3, 0.4) is 0 Å². The Labute approximate surface area is 132 Å². The number of benzene rings is 1. The van der Waals surface area contributed by atoms with Crippen molar-refractivity contribution < 1.29 is 32.4 Å². The Balaban J connectivity index is 1.84. The van der Waals surface area contributed by atoms with Crippen molar-refractivity contribution in [2.75, 3.05) is 0 Å². The molecule has 3 rings (SSSR count). The number of carbonyl (C=O) groups excluding carboxylic acids is 3. The summed E-state index contributed by atoms with van der Waals surface area (Å²) in [4.78, 5) is 40.6. The van der Waals surface area contributed by atoms with E-state index >= 15 is 0 Å². The first-order valence-corrected chi connectivity index (χ1v) is 6.51. The molecule has 124 valence electrons. The summed E-state index contributed by atoms with van der Waals surface area (Å²) in [6, 6.07) is 6.24. The van der Waals surface area contributed by atoms with Crippen LogP contribution in [0.2, 0.25) is 0 Å². The maximum atomic E-state index is 12.7. The fraction of sp³-hybridized carbons (Fsp3) is 0.143. The van der Waals surface area contributed by atoms with Crippen molar-refractivity contribution in [3.05, 3.63) is 52.8 Å². The summed E-state index contributed by atoms with van der Waals surface area (Å²) in [5.74, 6) is -3.11. The number of imide groups is 1. The van der Waals surface area contributed by atoms with Gasteiger partial charge in [-0.3, -0.25) is 14.3 Å². The summed E-state index contributed by atoms with van der Waals surface area (Å²) in [5.41, 5.74) is -1.78. The number of fused-ring (bicyclic) bond motifs is 1. The molecule has 10 heteroatoms. The van der Waals surface area contributed by atoms with Gasteiger partial charge in [0.1, 0.15) is 5.69 Å². The van der Waals surface area contributed by atoms with Gasteiger partial charge in [-0.2, -0.15) is 18.3 Å². The van der Waals surface area contributed by atoms with E-state index in [0.717, 1.165) is 7.05 Å². The zero-order chi connectivity index (χ0) is 17.6. The number of aryl methyl sites for hydroxylation is 1. The quantitative estimate of drug-likeness (QED) is 0.780. The predicted octanol–water partition coefficient (Wildman–Crippen LogP) is 1.81. The number of alkyl halides is 3. The lowest BCUT2D eigenvalue weighted by molar-refractivity contribution is -0.143. The molecule has 0 unspecified atom stereocenters. The standard InChI is InChI=1S/C14H8F3N3O4/c1-19-10(14(15,16)17)6-9(18-19)13(23)24-20-11(21)7-4-2-3-5-8(7)12(20)22/h2-6H,1H3. The number of amides is 2. The fourth-order valence-electron chi connectivity index (χ4n) is 2.21. The van der Waals surface area contributed by atoms with E-state index in [9.17, 15) is 27.6 Å². The summed E-state index contributed by atoms with van der Waals surface area (Å²) in [6.45, 7) is 0. The molecule has 0 atom stereocenters. The molecule has 2 amide bonds. The molecule has 1 aliphatic heterocycles. The molecule has 2 aromatic rings. The second-order valence-electron chi connectivity index (χ2n) is 4.87. The molecule has 0 radical (unpaired) electrons. The lowest BCUT2D eigenvalue weighted by Crippen LogP contribution is -2.32. The summed E-state index contributed by atoms with van der Waals surface area (Å²) in [7, 11) is 1.00. The fourth-order valence-corrected chi connectivity index (χ4v) is 2.21. The van der Waals surface area contributed by atoms with Gasteiger partial charge in [0, 0.05) is 13.1 Å². The molecule has 7 nitrogen and oxygen atoms in total. The summed E-state index contributed by atoms with van der Waals surface area (Å²) in [5, 5.41) is 3.59. The van der Waals surface area contributed by atoms with E-state index in [0.29, 0.717) is 10.7 Å². The molecule has 0 bridgehead atoms. The van der Waals surface area contributed by atoms with Crippen molar-refractivity contribution in [3.63, 3.8) is 0 Å². The van der Waals surface area contributed by atoms with E-state index in [4.69, 9.17) is 0 Å². The van der Waals surface area contributed by atoms with Crippen LogP contribution in [-0.2, 0) is 18.1 Å².